The third-order valence-electron chi connectivity index (χ3n) is 5.40. The first-order chi connectivity index (χ1) is 11.6. The van der Waals surface area contributed by atoms with Crippen molar-refractivity contribution in [3.8, 4) is 0 Å². The number of halogens is 2. The number of nitrogens with zero attached hydrogens (tertiary/aromatic N) is 2. The molecule has 1 heterocycles. The van der Waals surface area contributed by atoms with E-state index < -0.39 is 0 Å². The first-order valence-corrected chi connectivity index (χ1v) is 9.80. The third-order valence-corrected chi connectivity index (χ3v) is 6.09. The van der Waals surface area contributed by atoms with E-state index in [2.05, 4.69) is 67.8 Å². The molecule has 0 bridgehead atoms. The molecule has 1 aromatic carbocycles. The predicted octanol–water partition coefficient (Wildman–Crippen LogP) is 3.61. The van der Waals surface area contributed by atoms with Gasteiger partial charge in [-0.05, 0) is 56.8 Å². The van der Waals surface area contributed by atoms with E-state index in [-0.39, 0.29) is 29.4 Å². The number of likely N-dealkylation sites (tertiary alicyclic amines) is 1. The van der Waals surface area contributed by atoms with E-state index in [1.807, 2.05) is 7.05 Å². The number of piperidine rings is 1. The molecule has 140 valence electrons. The lowest BCUT2D eigenvalue weighted by Gasteiger charge is -2.30. The van der Waals surface area contributed by atoms with Crippen molar-refractivity contribution >= 4 is 45.9 Å². The van der Waals surface area contributed by atoms with Gasteiger partial charge in [0.05, 0.1) is 0 Å². The topological polar surface area (TPSA) is 39.7 Å². The van der Waals surface area contributed by atoms with Crippen molar-refractivity contribution in [2.24, 2.45) is 10.9 Å². The standard InChI is InChI=1S/C19H29BrN4.HI/c1-21-18(22-12-15-6-5-11-24(2)13-15)23-14-19(9-10-19)16-7-3-4-8-17(16)20;/h3-4,7-8,15H,5-6,9-14H2,1-2H3,(H2,21,22,23);1H. The molecule has 0 aromatic heterocycles. The molecular formula is C19H30BrIN4. The van der Waals surface area contributed by atoms with Crippen LogP contribution in [0.4, 0.5) is 0 Å². The van der Waals surface area contributed by atoms with Crippen LogP contribution in [-0.4, -0.2) is 51.1 Å². The molecule has 6 heteroatoms. The summed E-state index contributed by atoms with van der Waals surface area (Å²) in [5.74, 6) is 1.65. The van der Waals surface area contributed by atoms with Gasteiger partial charge in [-0.1, -0.05) is 34.1 Å². The number of hydrogen-bond acceptors (Lipinski definition) is 2. The third kappa shape index (κ3) is 5.57. The lowest BCUT2D eigenvalue weighted by Crippen LogP contribution is -2.45. The highest BCUT2D eigenvalue weighted by atomic mass is 127. The van der Waals surface area contributed by atoms with Crippen molar-refractivity contribution in [1.82, 2.24) is 15.5 Å². The minimum Gasteiger partial charge on any atom is -0.356 e. The summed E-state index contributed by atoms with van der Waals surface area (Å²) < 4.78 is 1.22. The highest BCUT2D eigenvalue weighted by Crippen LogP contribution is 2.49. The summed E-state index contributed by atoms with van der Waals surface area (Å²) in [6.07, 6.45) is 5.11. The largest absolute Gasteiger partial charge is 0.356 e. The van der Waals surface area contributed by atoms with E-state index in [0.29, 0.717) is 0 Å². The Hall–Kier alpha value is -0.340. The molecule has 4 nitrogen and oxygen atoms in total. The lowest BCUT2D eigenvalue weighted by molar-refractivity contribution is 0.210. The van der Waals surface area contributed by atoms with Gasteiger partial charge in [-0.2, -0.15) is 0 Å². The molecule has 1 unspecified atom stereocenters. The van der Waals surface area contributed by atoms with Crippen LogP contribution in [-0.2, 0) is 5.41 Å². The van der Waals surface area contributed by atoms with Crippen LogP contribution in [0.3, 0.4) is 0 Å². The fraction of sp³-hybridized carbons (Fsp3) is 0.632. The van der Waals surface area contributed by atoms with Crippen molar-refractivity contribution in [3.63, 3.8) is 0 Å². The first-order valence-electron chi connectivity index (χ1n) is 9.01. The summed E-state index contributed by atoms with van der Waals surface area (Å²) in [6, 6.07) is 8.60. The monoisotopic (exact) mass is 520 g/mol. The molecule has 2 aliphatic rings. The number of hydrogen-bond donors (Lipinski definition) is 2. The number of aliphatic imine (C=N–C) groups is 1. The van der Waals surface area contributed by atoms with Crippen molar-refractivity contribution in [1.29, 1.82) is 0 Å². The van der Waals surface area contributed by atoms with Crippen LogP contribution >= 0.6 is 39.9 Å². The minimum absolute atomic E-state index is 0. The van der Waals surface area contributed by atoms with Gasteiger partial charge in [0, 0.05) is 36.6 Å². The summed E-state index contributed by atoms with van der Waals surface area (Å²) in [5.41, 5.74) is 1.69. The van der Waals surface area contributed by atoms with Crippen molar-refractivity contribution < 1.29 is 0 Å². The Labute approximate surface area is 177 Å². The number of guanidine groups is 1. The number of benzene rings is 1. The Morgan fingerprint density at radius 1 is 1.32 bits per heavy atom. The van der Waals surface area contributed by atoms with Crippen molar-refractivity contribution in [3.05, 3.63) is 34.3 Å². The van der Waals surface area contributed by atoms with Crippen LogP contribution in [0.2, 0.25) is 0 Å². The Balaban J connectivity index is 0.00000225. The molecular weight excluding hydrogens is 491 g/mol. The van der Waals surface area contributed by atoms with Crippen LogP contribution in [0.25, 0.3) is 0 Å². The molecule has 0 radical (unpaired) electrons. The maximum absolute atomic E-state index is 4.41. The van der Waals surface area contributed by atoms with Crippen LogP contribution in [0.1, 0.15) is 31.2 Å². The average Bonchev–Trinajstić information content (AvgIpc) is 3.36. The van der Waals surface area contributed by atoms with Gasteiger partial charge in [0.1, 0.15) is 0 Å². The first kappa shape index (κ1) is 21.0. The Kier molecular flexibility index (Phi) is 8.01. The maximum Gasteiger partial charge on any atom is 0.191 e. The van der Waals surface area contributed by atoms with Gasteiger partial charge in [0.25, 0.3) is 0 Å². The second-order valence-corrected chi connectivity index (χ2v) is 8.19. The Morgan fingerprint density at radius 3 is 2.72 bits per heavy atom. The maximum atomic E-state index is 4.41. The highest BCUT2D eigenvalue weighted by molar-refractivity contribution is 14.0. The molecule has 1 aliphatic heterocycles. The highest BCUT2D eigenvalue weighted by Gasteiger charge is 2.45. The Bertz CT molecular complexity index is 589. The van der Waals surface area contributed by atoms with Crippen LogP contribution in [0.15, 0.2) is 33.7 Å². The van der Waals surface area contributed by atoms with Gasteiger partial charge in [-0.3, -0.25) is 4.99 Å². The van der Waals surface area contributed by atoms with E-state index >= 15 is 0 Å². The molecule has 2 N–H and O–H groups in total. The normalized spacial score (nSPS) is 22.8. The molecule has 1 aliphatic carbocycles. The van der Waals surface area contributed by atoms with E-state index in [4.69, 9.17) is 0 Å². The zero-order valence-corrected chi connectivity index (χ0v) is 19.1. The van der Waals surface area contributed by atoms with Gasteiger partial charge in [0.2, 0.25) is 0 Å². The fourth-order valence-corrected chi connectivity index (χ4v) is 4.44. The molecule has 0 amide bonds. The zero-order chi connectivity index (χ0) is 17.0. The molecule has 1 aromatic rings. The molecule has 1 atom stereocenters. The summed E-state index contributed by atoms with van der Waals surface area (Å²) in [7, 11) is 4.08. The Morgan fingerprint density at radius 2 is 2.08 bits per heavy atom. The summed E-state index contributed by atoms with van der Waals surface area (Å²) in [4.78, 5) is 6.84. The molecule has 1 saturated carbocycles. The number of rotatable bonds is 5. The molecule has 25 heavy (non-hydrogen) atoms. The quantitative estimate of drug-likeness (QED) is 0.354. The molecule has 2 fully saturated rings. The average molecular weight is 521 g/mol. The predicted molar refractivity (Wildman–Crippen MR) is 120 cm³/mol. The van der Waals surface area contributed by atoms with Crippen molar-refractivity contribution in [2.45, 2.75) is 31.1 Å². The molecule has 0 spiro atoms. The van der Waals surface area contributed by atoms with Crippen molar-refractivity contribution in [2.75, 3.05) is 40.3 Å². The van der Waals surface area contributed by atoms with Gasteiger partial charge < -0.3 is 15.5 Å². The van der Waals surface area contributed by atoms with E-state index in [0.717, 1.165) is 25.0 Å². The van der Waals surface area contributed by atoms with E-state index in [9.17, 15) is 0 Å². The lowest BCUT2D eigenvalue weighted by atomic mass is 9.96. The second-order valence-electron chi connectivity index (χ2n) is 7.34. The van der Waals surface area contributed by atoms with E-state index in [1.54, 1.807) is 0 Å². The van der Waals surface area contributed by atoms with Gasteiger partial charge in [-0.15, -0.1) is 24.0 Å². The number of nitrogens with one attached hydrogen (secondary N) is 2. The molecule has 1 saturated heterocycles. The van der Waals surface area contributed by atoms with Gasteiger partial charge in [0.15, 0.2) is 5.96 Å². The summed E-state index contributed by atoms with van der Waals surface area (Å²) in [6.45, 7) is 4.37. The summed E-state index contributed by atoms with van der Waals surface area (Å²) in [5, 5.41) is 7.08. The zero-order valence-electron chi connectivity index (χ0n) is 15.2. The smallest absolute Gasteiger partial charge is 0.191 e. The summed E-state index contributed by atoms with van der Waals surface area (Å²) >= 11 is 3.71. The minimum atomic E-state index is 0. The van der Waals surface area contributed by atoms with Crippen LogP contribution in [0.5, 0.6) is 0 Å². The van der Waals surface area contributed by atoms with E-state index in [1.165, 1.54) is 48.8 Å². The SMILES string of the molecule is CN=C(NCC1CCCN(C)C1)NCC1(c2ccccc2Br)CC1.I. The molecule has 3 rings (SSSR count). The second kappa shape index (κ2) is 9.55. The van der Waals surface area contributed by atoms with Gasteiger partial charge in [-0.25, -0.2) is 0 Å². The van der Waals surface area contributed by atoms with Crippen LogP contribution in [0, 0.1) is 5.92 Å². The fourth-order valence-electron chi connectivity index (χ4n) is 3.74. The van der Waals surface area contributed by atoms with Gasteiger partial charge >= 0.3 is 0 Å². The van der Waals surface area contributed by atoms with Crippen LogP contribution < -0.4 is 10.6 Å².